The van der Waals surface area contributed by atoms with E-state index in [9.17, 15) is 0 Å². The first kappa shape index (κ1) is 11.3. The lowest BCUT2D eigenvalue weighted by Crippen LogP contribution is -2.14. The lowest BCUT2D eigenvalue weighted by atomic mass is 10.3. The van der Waals surface area contributed by atoms with Crippen LogP contribution in [0.25, 0.3) is 5.95 Å². The molecule has 1 saturated carbocycles. The van der Waals surface area contributed by atoms with E-state index in [4.69, 9.17) is 16.3 Å². The highest BCUT2D eigenvalue weighted by Crippen LogP contribution is 2.22. The minimum absolute atomic E-state index is 0.0866. The van der Waals surface area contributed by atoms with Crippen molar-refractivity contribution in [1.82, 2.24) is 29.7 Å². The first-order valence-electron chi connectivity index (χ1n) is 5.74. The Morgan fingerprint density at radius 3 is 2.78 bits per heavy atom. The Labute approximate surface area is 108 Å². The largest absolute Gasteiger partial charge is 0.460 e. The summed E-state index contributed by atoms with van der Waals surface area (Å²) in [5.41, 5.74) is 0. The van der Waals surface area contributed by atoms with Crippen molar-refractivity contribution in [3.05, 3.63) is 17.9 Å². The van der Waals surface area contributed by atoms with Crippen molar-refractivity contribution in [3.63, 3.8) is 0 Å². The van der Waals surface area contributed by atoms with Gasteiger partial charge in [0, 0.05) is 0 Å². The van der Waals surface area contributed by atoms with Crippen molar-refractivity contribution in [2.45, 2.75) is 31.8 Å². The Bertz CT molecular complexity index is 525. The van der Waals surface area contributed by atoms with E-state index in [0.717, 1.165) is 12.8 Å². The van der Waals surface area contributed by atoms with Crippen molar-refractivity contribution < 1.29 is 4.74 Å². The predicted molar refractivity (Wildman–Crippen MR) is 62.6 cm³/mol. The van der Waals surface area contributed by atoms with Gasteiger partial charge in [-0.1, -0.05) is 0 Å². The van der Waals surface area contributed by atoms with Gasteiger partial charge in [-0.3, -0.25) is 0 Å². The lowest BCUT2D eigenvalue weighted by molar-refractivity contribution is 0.191. The minimum Gasteiger partial charge on any atom is -0.460 e. The average molecular weight is 267 g/mol. The quantitative estimate of drug-likeness (QED) is 0.836. The van der Waals surface area contributed by atoms with Gasteiger partial charge in [0.15, 0.2) is 0 Å². The zero-order chi connectivity index (χ0) is 12.4. The summed E-state index contributed by atoms with van der Waals surface area (Å²) < 4.78 is 7.10. The molecule has 0 saturated heterocycles. The number of aromatic nitrogens is 6. The van der Waals surface area contributed by atoms with Gasteiger partial charge in [0.25, 0.3) is 5.95 Å². The zero-order valence-electron chi connectivity index (χ0n) is 9.53. The number of nitrogens with zero attached hydrogens (tertiary/aromatic N) is 6. The van der Waals surface area contributed by atoms with E-state index in [1.54, 1.807) is 0 Å². The summed E-state index contributed by atoms with van der Waals surface area (Å²) >= 11 is 5.85. The van der Waals surface area contributed by atoms with Gasteiger partial charge in [0.05, 0.1) is 0 Å². The van der Waals surface area contributed by atoms with Crippen molar-refractivity contribution in [2.24, 2.45) is 0 Å². The molecular formula is C10H11ClN6O. The van der Waals surface area contributed by atoms with Crippen LogP contribution in [0, 0.1) is 0 Å². The maximum absolute atomic E-state index is 5.85. The van der Waals surface area contributed by atoms with Crippen molar-refractivity contribution in [3.8, 4) is 12.0 Å². The van der Waals surface area contributed by atoms with Crippen LogP contribution in [0.15, 0.2) is 12.7 Å². The number of hydrogen-bond donors (Lipinski definition) is 0. The molecule has 2 heterocycles. The summed E-state index contributed by atoms with van der Waals surface area (Å²) in [6.45, 7) is 0. The topological polar surface area (TPSA) is 78.6 Å². The van der Waals surface area contributed by atoms with E-state index in [0.29, 0.717) is 5.95 Å². The Morgan fingerprint density at radius 2 is 2.06 bits per heavy atom. The Kier molecular flexibility index (Phi) is 3.06. The van der Waals surface area contributed by atoms with Crippen LogP contribution in [0.5, 0.6) is 6.01 Å². The van der Waals surface area contributed by atoms with E-state index >= 15 is 0 Å². The molecule has 1 aliphatic carbocycles. The van der Waals surface area contributed by atoms with Crippen LogP contribution in [0.2, 0.25) is 5.28 Å². The van der Waals surface area contributed by atoms with E-state index in [1.165, 1.54) is 30.2 Å². The summed E-state index contributed by atoms with van der Waals surface area (Å²) in [4.78, 5) is 15.9. The van der Waals surface area contributed by atoms with E-state index < -0.39 is 0 Å². The molecule has 3 rings (SSSR count). The molecule has 8 heteroatoms. The summed E-state index contributed by atoms with van der Waals surface area (Å²) in [6.07, 6.45) is 7.48. The molecule has 1 fully saturated rings. The van der Waals surface area contributed by atoms with Gasteiger partial charge in [-0.2, -0.15) is 24.7 Å². The van der Waals surface area contributed by atoms with Crippen LogP contribution in [-0.2, 0) is 0 Å². The molecule has 0 atom stereocenters. The predicted octanol–water partition coefficient (Wildman–Crippen LogP) is 1.43. The Balaban J connectivity index is 1.86. The average Bonchev–Trinajstić information content (AvgIpc) is 3.00. The molecule has 0 amide bonds. The third kappa shape index (κ3) is 2.40. The summed E-state index contributed by atoms with van der Waals surface area (Å²) in [5.74, 6) is 0.306. The highest BCUT2D eigenvalue weighted by molar-refractivity contribution is 6.28. The number of rotatable bonds is 3. The second kappa shape index (κ2) is 4.85. The monoisotopic (exact) mass is 266 g/mol. The highest BCUT2D eigenvalue weighted by Gasteiger charge is 2.19. The third-order valence-corrected chi connectivity index (χ3v) is 2.94. The van der Waals surface area contributed by atoms with Crippen LogP contribution < -0.4 is 4.74 Å². The van der Waals surface area contributed by atoms with E-state index in [2.05, 4.69) is 25.0 Å². The molecule has 18 heavy (non-hydrogen) atoms. The number of ether oxygens (including phenoxy) is 1. The van der Waals surface area contributed by atoms with Crippen LogP contribution in [-0.4, -0.2) is 35.8 Å². The third-order valence-electron chi connectivity index (χ3n) is 2.77. The molecule has 0 bridgehead atoms. The Morgan fingerprint density at radius 1 is 1.22 bits per heavy atom. The fourth-order valence-corrected chi connectivity index (χ4v) is 2.09. The lowest BCUT2D eigenvalue weighted by Gasteiger charge is -2.11. The molecule has 0 N–H and O–H groups in total. The van der Waals surface area contributed by atoms with Gasteiger partial charge in [-0.15, -0.1) is 0 Å². The molecule has 7 nitrogen and oxygen atoms in total. The van der Waals surface area contributed by atoms with Crippen molar-refractivity contribution in [2.75, 3.05) is 0 Å². The van der Waals surface area contributed by atoms with Gasteiger partial charge in [0.2, 0.25) is 5.28 Å². The highest BCUT2D eigenvalue weighted by atomic mass is 35.5. The van der Waals surface area contributed by atoms with Gasteiger partial charge in [-0.05, 0) is 37.3 Å². The zero-order valence-corrected chi connectivity index (χ0v) is 10.3. The molecule has 0 aliphatic heterocycles. The van der Waals surface area contributed by atoms with Gasteiger partial charge in [-0.25, -0.2) is 4.98 Å². The standard InChI is InChI=1S/C10H11ClN6O/c11-8-14-9(17-6-12-5-13-17)16-10(15-8)18-7-3-1-2-4-7/h5-7H,1-4H2. The normalized spacial score (nSPS) is 16.1. The van der Waals surface area contributed by atoms with Gasteiger partial charge < -0.3 is 4.74 Å². The molecule has 2 aromatic rings. The van der Waals surface area contributed by atoms with Gasteiger partial charge >= 0.3 is 6.01 Å². The first-order valence-corrected chi connectivity index (χ1v) is 6.12. The Hall–Kier alpha value is -1.76. The van der Waals surface area contributed by atoms with Crippen LogP contribution in [0.1, 0.15) is 25.7 Å². The summed E-state index contributed by atoms with van der Waals surface area (Å²) in [7, 11) is 0. The molecule has 0 radical (unpaired) electrons. The fourth-order valence-electron chi connectivity index (χ4n) is 1.94. The minimum atomic E-state index is 0.0866. The maximum atomic E-state index is 5.85. The van der Waals surface area contributed by atoms with Crippen LogP contribution in [0.4, 0.5) is 0 Å². The van der Waals surface area contributed by atoms with Crippen LogP contribution in [0.3, 0.4) is 0 Å². The van der Waals surface area contributed by atoms with E-state index in [-0.39, 0.29) is 17.4 Å². The summed E-state index contributed by atoms with van der Waals surface area (Å²) in [6, 6.07) is 0.243. The van der Waals surface area contributed by atoms with E-state index in [1.807, 2.05) is 0 Å². The molecule has 0 aromatic carbocycles. The van der Waals surface area contributed by atoms with Crippen LogP contribution >= 0.6 is 11.6 Å². The molecule has 2 aromatic heterocycles. The fraction of sp³-hybridized carbons (Fsp3) is 0.500. The molecule has 94 valence electrons. The van der Waals surface area contributed by atoms with Crippen molar-refractivity contribution >= 4 is 11.6 Å². The maximum Gasteiger partial charge on any atom is 0.322 e. The SMILES string of the molecule is Clc1nc(OC2CCCC2)nc(-n2cncn2)n1. The summed E-state index contributed by atoms with van der Waals surface area (Å²) in [5, 5.41) is 4.03. The molecule has 0 unspecified atom stereocenters. The molecular weight excluding hydrogens is 256 g/mol. The molecule has 0 spiro atoms. The second-order valence-electron chi connectivity index (χ2n) is 4.05. The number of halogens is 1. The second-order valence-corrected chi connectivity index (χ2v) is 4.39. The smallest absolute Gasteiger partial charge is 0.322 e. The van der Waals surface area contributed by atoms with Crippen molar-refractivity contribution in [1.29, 1.82) is 0 Å². The number of hydrogen-bond acceptors (Lipinski definition) is 6. The first-order chi connectivity index (χ1) is 8.81. The molecule has 1 aliphatic rings. The van der Waals surface area contributed by atoms with Gasteiger partial charge in [0.1, 0.15) is 18.8 Å².